The second kappa shape index (κ2) is 5.54. The lowest BCUT2D eigenvalue weighted by Crippen LogP contribution is -2.31. The molecule has 1 fully saturated rings. The van der Waals surface area contributed by atoms with Crippen molar-refractivity contribution >= 4 is 11.6 Å². The number of alkyl halides is 1. The molecule has 1 aliphatic carbocycles. The first kappa shape index (κ1) is 13.3. The first-order valence-corrected chi connectivity index (χ1v) is 6.68. The van der Waals surface area contributed by atoms with Gasteiger partial charge in [-0.2, -0.15) is 0 Å². The van der Waals surface area contributed by atoms with Crippen LogP contribution in [0.2, 0.25) is 0 Å². The molecule has 0 bridgehead atoms. The molecule has 90 valence electrons. The van der Waals surface area contributed by atoms with Gasteiger partial charge in [-0.3, -0.25) is 0 Å². The van der Waals surface area contributed by atoms with E-state index in [1.165, 1.54) is 38.5 Å². The molecule has 0 aromatic heterocycles. The molecule has 0 saturated heterocycles. The second-order valence-corrected chi connectivity index (χ2v) is 5.93. The lowest BCUT2D eigenvalue weighted by atomic mass is 9.71. The van der Waals surface area contributed by atoms with Gasteiger partial charge >= 0.3 is 0 Å². The van der Waals surface area contributed by atoms with Gasteiger partial charge in [-0.1, -0.05) is 19.3 Å². The van der Waals surface area contributed by atoms with Gasteiger partial charge in [-0.05, 0) is 44.9 Å². The van der Waals surface area contributed by atoms with Crippen molar-refractivity contribution in [3.8, 4) is 0 Å². The molecule has 0 spiro atoms. The van der Waals surface area contributed by atoms with Gasteiger partial charge in [0.15, 0.2) is 0 Å². The minimum atomic E-state index is 0.0104. The van der Waals surface area contributed by atoms with E-state index < -0.39 is 0 Å². The van der Waals surface area contributed by atoms with Crippen LogP contribution in [0, 0.1) is 5.41 Å². The van der Waals surface area contributed by atoms with Gasteiger partial charge in [0.25, 0.3) is 0 Å². The Morgan fingerprint density at radius 3 is 2.27 bits per heavy atom. The van der Waals surface area contributed by atoms with Crippen molar-refractivity contribution in [3.63, 3.8) is 0 Å². The highest BCUT2D eigenvalue weighted by Crippen LogP contribution is 2.42. The number of ether oxygens (including phenoxy) is 1. The van der Waals surface area contributed by atoms with Gasteiger partial charge in [0.1, 0.15) is 0 Å². The van der Waals surface area contributed by atoms with E-state index in [0.29, 0.717) is 5.41 Å². The summed E-state index contributed by atoms with van der Waals surface area (Å²) in [5, 5.41) is 0. The van der Waals surface area contributed by atoms with Gasteiger partial charge in [-0.25, -0.2) is 0 Å². The van der Waals surface area contributed by atoms with Crippen molar-refractivity contribution in [3.05, 3.63) is 0 Å². The molecular formula is C13H25ClO. The van der Waals surface area contributed by atoms with Gasteiger partial charge in [0.05, 0.1) is 5.60 Å². The molecular weight excluding hydrogens is 208 g/mol. The molecule has 0 radical (unpaired) electrons. The first-order chi connectivity index (χ1) is 7.04. The van der Waals surface area contributed by atoms with Crippen LogP contribution in [-0.2, 0) is 4.74 Å². The Kier molecular flexibility index (Phi) is 4.92. The summed E-state index contributed by atoms with van der Waals surface area (Å²) in [5.41, 5.74) is 0.423. The van der Waals surface area contributed by atoms with Crippen molar-refractivity contribution in [2.45, 2.75) is 64.4 Å². The fraction of sp³-hybridized carbons (Fsp3) is 1.00. The summed E-state index contributed by atoms with van der Waals surface area (Å²) in [7, 11) is 1.80. The number of hydrogen-bond donors (Lipinski definition) is 0. The maximum atomic E-state index is 6.17. The fourth-order valence-corrected chi connectivity index (χ4v) is 2.82. The van der Waals surface area contributed by atoms with E-state index in [9.17, 15) is 0 Å². The molecule has 1 rings (SSSR count). The molecule has 0 aliphatic heterocycles. The van der Waals surface area contributed by atoms with Crippen LogP contribution < -0.4 is 0 Å². The van der Waals surface area contributed by atoms with Crippen LogP contribution in [-0.4, -0.2) is 18.6 Å². The van der Waals surface area contributed by atoms with Crippen LogP contribution in [0.1, 0.15) is 58.8 Å². The van der Waals surface area contributed by atoms with Crippen molar-refractivity contribution in [1.82, 2.24) is 0 Å². The predicted molar refractivity (Wildman–Crippen MR) is 66.6 cm³/mol. The number of methoxy groups -OCH3 is 1. The zero-order valence-electron chi connectivity index (χ0n) is 10.4. The van der Waals surface area contributed by atoms with E-state index in [1.54, 1.807) is 7.11 Å². The molecule has 0 N–H and O–H groups in total. The number of hydrogen-bond acceptors (Lipinski definition) is 1. The van der Waals surface area contributed by atoms with E-state index in [2.05, 4.69) is 13.8 Å². The molecule has 0 heterocycles. The standard InChI is InChI=1S/C13H25ClO/c1-12(2,15-3)9-10-13(11-14)7-5-4-6-8-13/h4-11H2,1-3H3. The number of halogens is 1. The maximum Gasteiger partial charge on any atom is 0.0623 e. The molecule has 0 aromatic carbocycles. The van der Waals surface area contributed by atoms with E-state index >= 15 is 0 Å². The number of rotatable bonds is 5. The van der Waals surface area contributed by atoms with Gasteiger partial charge in [-0.15, -0.1) is 11.6 Å². The predicted octanol–water partition coefficient (Wildman–Crippen LogP) is 4.38. The average Bonchev–Trinajstić information content (AvgIpc) is 2.28. The Morgan fingerprint density at radius 2 is 1.80 bits per heavy atom. The smallest absolute Gasteiger partial charge is 0.0623 e. The van der Waals surface area contributed by atoms with Crippen LogP contribution >= 0.6 is 11.6 Å². The van der Waals surface area contributed by atoms with E-state index in [-0.39, 0.29) is 5.60 Å². The van der Waals surface area contributed by atoms with E-state index in [0.717, 1.165) is 12.3 Å². The minimum Gasteiger partial charge on any atom is -0.379 e. The largest absolute Gasteiger partial charge is 0.379 e. The SMILES string of the molecule is COC(C)(C)CCC1(CCl)CCCCC1. The Bertz CT molecular complexity index is 183. The highest BCUT2D eigenvalue weighted by molar-refractivity contribution is 6.18. The molecule has 0 aromatic rings. The minimum absolute atomic E-state index is 0.0104. The van der Waals surface area contributed by atoms with E-state index in [1.807, 2.05) is 0 Å². The Hall–Kier alpha value is 0.250. The summed E-state index contributed by atoms with van der Waals surface area (Å²) >= 11 is 6.17. The third kappa shape index (κ3) is 3.96. The molecule has 1 nitrogen and oxygen atoms in total. The van der Waals surface area contributed by atoms with Crippen molar-refractivity contribution in [2.75, 3.05) is 13.0 Å². The summed E-state index contributed by atoms with van der Waals surface area (Å²) < 4.78 is 5.48. The highest BCUT2D eigenvalue weighted by Gasteiger charge is 2.32. The Morgan fingerprint density at radius 1 is 1.20 bits per heavy atom. The summed E-state index contributed by atoms with van der Waals surface area (Å²) in [6, 6.07) is 0. The zero-order chi connectivity index (χ0) is 11.4. The van der Waals surface area contributed by atoms with Crippen LogP contribution in [0.3, 0.4) is 0 Å². The lowest BCUT2D eigenvalue weighted by Gasteiger charge is -2.38. The van der Waals surface area contributed by atoms with Crippen molar-refractivity contribution < 1.29 is 4.74 Å². The zero-order valence-corrected chi connectivity index (χ0v) is 11.2. The Labute approximate surface area is 99.5 Å². The molecule has 2 heteroatoms. The first-order valence-electron chi connectivity index (χ1n) is 6.15. The third-order valence-corrected chi connectivity index (χ3v) is 4.57. The summed E-state index contributed by atoms with van der Waals surface area (Å²) in [5.74, 6) is 0.826. The van der Waals surface area contributed by atoms with Gasteiger partial charge in [0.2, 0.25) is 0 Å². The molecule has 1 saturated carbocycles. The normalized spacial score (nSPS) is 21.6. The third-order valence-electron chi connectivity index (χ3n) is 4.01. The summed E-state index contributed by atoms with van der Waals surface area (Å²) in [4.78, 5) is 0. The Balaban J connectivity index is 2.45. The van der Waals surface area contributed by atoms with E-state index in [4.69, 9.17) is 16.3 Å². The highest BCUT2D eigenvalue weighted by atomic mass is 35.5. The van der Waals surface area contributed by atoms with Crippen LogP contribution in [0.15, 0.2) is 0 Å². The van der Waals surface area contributed by atoms with Gasteiger partial charge < -0.3 is 4.74 Å². The topological polar surface area (TPSA) is 9.23 Å². The summed E-state index contributed by atoms with van der Waals surface area (Å²) in [6.07, 6.45) is 9.09. The van der Waals surface area contributed by atoms with Crippen molar-refractivity contribution in [1.29, 1.82) is 0 Å². The second-order valence-electron chi connectivity index (χ2n) is 5.66. The molecule has 0 amide bonds. The monoisotopic (exact) mass is 232 g/mol. The fourth-order valence-electron chi connectivity index (χ4n) is 2.42. The molecule has 1 aliphatic rings. The van der Waals surface area contributed by atoms with Crippen LogP contribution in [0.5, 0.6) is 0 Å². The van der Waals surface area contributed by atoms with Crippen LogP contribution in [0.25, 0.3) is 0 Å². The van der Waals surface area contributed by atoms with Gasteiger partial charge in [0, 0.05) is 13.0 Å². The lowest BCUT2D eigenvalue weighted by molar-refractivity contribution is 0.00171. The van der Waals surface area contributed by atoms with Crippen molar-refractivity contribution in [2.24, 2.45) is 5.41 Å². The maximum absolute atomic E-state index is 6.17. The van der Waals surface area contributed by atoms with Crippen LogP contribution in [0.4, 0.5) is 0 Å². The molecule has 0 atom stereocenters. The molecule has 15 heavy (non-hydrogen) atoms. The molecule has 0 unspecified atom stereocenters. The average molecular weight is 233 g/mol. The summed E-state index contributed by atoms with van der Waals surface area (Å²) in [6.45, 7) is 4.33. The quantitative estimate of drug-likeness (QED) is 0.640.